The second-order valence-electron chi connectivity index (χ2n) is 4.65. The van der Waals surface area contributed by atoms with Crippen LogP contribution in [0.25, 0.3) is 0 Å². The van der Waals surface area contributed by atoms with Crippen molar-refractivity contribution in [2.75, 3.05) is 33.9 Å². The molecule has 15 heavy (non-hydrogen) atoms. The molecule has 0 aromatic carbocycles. The molecule has 1 atom stereocenters. The highest BCUT2D eigenvalue weighted by Gasteiger charge is 2.22. The predicted octanol–water partition coefficient (Wildman–Crippen LogP) is 1.49. The van der Waals surface area contributed by atoms with Gasteiger partial charge < -0.3 is 10.1 Å². The predicted molar refractivity (Wildman–Crippen MR) is 64.2 cm³/mol. The van der Waals surface area contributed by atoms with E-state index in [4.69, 9.17) is 4.74 Å². The Bertz CT molecular complexity index is 158. The Hall–Kier alpha value is -0.120. The molecule has 1 saturated carbocycles. The summed E-state index contributed by atoms with van der Waals surface area (Å²) in [5.74, 6) is 0. The molecule has 3 nitrogen and oxygen atoms in total. The van der Waals surface area contributed by atoms with E-state index in [1.807, 2.05) is 0 Å². The van der Waals surface area contributed by atoms with E-state index >= 15 is 0 Å². The van der Waals surface area contributed by atoms with Crippen LogP contribution in [0.1, 0.15) is 32.6 Å². The van der Waals surface area contributed by atoms with Crippen LogP contribution in [0.15, 0.2) is 0 Å². The molecule has 1 N–H and O–H groups in total. The number of rotatable bonds is 7. The molecular formula is C12H26N2O. The lowest BCUT2D eigenvalue weighted by atomic mass is 10.1. The Morgan fingerprint density at radius 1 is 1.40 bits per heavy atom. The van der Waals surface area contributed by atoms with Crippen LogP contribution in [0, 0.1) is 0 Å². The van der Waals surface area contributed by atoms with Crippen LogP contribution in [0.4, 0.5) is 0 Å². The molecule has 0 heterocycles. The lowest BCUT2D eigenvalue weighted by Crippen LogP contribution is -2.43. The summed E-state index contributed by atoms with van der Waals surface area (Å²) < 4.78 is 5.01. The SMILES string of the molecule is COCCNCC(C)N(C)C1CCCC1. The quantitative estimate of drug-likeness (QED) is 0.650. The number of hydrogen-bond donors (Lipinski definition) is 1. The average molecular weight is 214 g/mol. The number of likely N-dealkylation sites (N-methyl/N-ethyl adjacent to an activating group) is 1. The second kappa shape index (κ2) is 7.20. The van der Waals surface area contributed by atoms with Crippen molar-refractivity contribution < 1.29 is 4.74 Å². The molecule has 0 aromatic rings. The zero-order valence-electron chi connectivity index (χ0n) is 10.5. The third-order valence-electron chi connectivity index (χ3n) is 3.52. The summed E-state index contributed by atoms with van der Waals surface area (Å²) in [7, 11) is 4.01. The molecule has 90 valence electrons. The lowest BCUT2D eigenvalue weighted by molar-refractivity contribution is 0.171. The van der Waals surface area contributed by atoms with Gasteiger partial charge in [-0.25, -0.2) is 0 Å². The largest absolute Gasteiger partial charge is 0.383 e. The van der Waals surface area contributed by atoms with E-state index in [-0.39, 0.29) is 0 Å². The van der Waals surface area contributed by atoms with Crippen molar-refractivity contribution in [2.45, 2.75) is 44.7 Å². The summed E-state index contributed by atoms with van der Waals surface area (Å²) in [6, 6.07) is 1.45. The Kier molecular flexibility index (Phi) is 6.22. The number of nitrogens with zero attached hydrogens (tertiary/aromatic N) is 1. The van der Waals surface area contributed by atoms with Crippen LogP contribution in [-0.2, 0) is 4.74 Å². The number of methoxy groups -OCH3 is 1. The minimum absolute atomic E-state index is 0.630. The fourth-order valence-electron chi connectivity index (χ4n) is 2.30. The maximum Gasteiger partial charge on any atom is 0.0587 e. The van der Waals surface area contributed by atoms with Crippen molar-refractivity contribution in [3.05, 3.63) is 0 Å². The van der Waals surface area contributed by atoms with Gasteiger partial charge in [-0.1, -0.05) is 12.8 Å². The maximum atomic E-state index is 5.01. The van der Waals surface area contributed by atoms with Gasteiger partial charge in [-0.05, 0) is 26.8 Å². The summed E-state index contributed by atoms with van der Waals surface area (Å²) in [5, 5.41) is 3.42. The molecule has 0 spiro atoms. The lowest BCUT2D eigenvalue weighted by Gasteiger charge is -2.30. The summed E-state index contributed by atoms with van der Waals surface area (Å²) in [6.07, 6.45) is 5.61. The Labute approximate surface area is 94.2 Å². The molecule has 3 heteroatoms. The van der Waals surface area contributed by atoms with E-state index in [9.17, 15) is 0 Å². The first-order valence-electron chi connectivity index (χ1n) is 6.17. The molecule has 0 amide bonds. The van der Waals surface area contributed by atoms with Crippen molar-refractivity contribution in [2.24, 2.45) is 0 Å². The zero-order chi connectivity index (χ0) is 11.1. The number of hydrogen-bond acceptors (Lipinski definition) is 3. The number of ether oxygens (including phenoxy) is 1. The molecule has 0 aliphatic heterocycles. The maximum absolute atomic E-state index is 5.01. The van der Waals surface area contributed by atoms with E-state index < -0.39 is 0 Å². The summed E-state index contributed by atoms with van der Waals surface area (Å²) in [4.78, 5) is 2.53. The monoisotopic (exact) mass is 214 g/mol. The van der Waals surface area contributed by atoms with Crippen LogP contribution < -0.4 is 5.32 Å². The highest BCUT2D eigenvalue weighted by atomic mass is 16.5. The second-order valence-corrected chi connectivity index (χ2v) is 4.65. The molecule has 0 saturated heterocycles. The third kappa shape index (κ3) is 4.49. The van der Waals surface area contributed by atoms with Crippen LogP contribution >= 0.6 is 0 Å². The van der Waals surface area contributed by atoms with E-state index in [2.05, 4.69) is 24.2 Å². The molecule has 1 unspecified atom stereocenters. The number of nitrogens with one attached hydrogen (secondary N) is 1. The van der Waals surface area contributed by atoms with Gasteiger partial charge in [-0.3, -0.25) is 4.90 Å². The van der Waals surface area contributed by atoms with Crippen LogP contribution in [0.3, 0.4) is 0 Å². The smallest absolute Gasteiger partial charge is 0.0587 e. The molecule has 1 aliphatic carbocycles. The van der Waals surface area contributed by atoms with E-state index in [0.717, 1.165) is 25.7 Å². The van der Waals surface area contributed by atoms with Gasteiger partial charge in [-0.15, -0.1) is 0 Å². The first-order chi connectivity index (χ1) is 7.25. The van der Waals surface area contributed by atoms with Crippen LogP contribution in [0.2, 0.25) is 0 Å². The highest BCUT2D eigenvalue weighted by molar-refractivity contribution is 4.79. The summed E-state index contributed by atoms with van der Waals surface area (Å²) in [5.41, 5.74) is 0. The molecule has 1 fully saturated rings. The Balaban J connectivity index is 2.11. The van der Waals surface area contributed by atoms with Gasteiger partial charge in [-0.2, -0.15) is 0 Å². The standard InChI is InChI=1S/C12H26N2O/c1-11(10-13-8-9-15-3)14(2)12-6-4-5-7-12/h11-13H,4-10H2,1-3H3. The first kappa shape index (κ1) is 12.9. The first-order valence-corrected chi connectivity index (χ1v) is 6.17. The van der Waals surface area contributed by atoms with Gasteiger partial charge in [0.05, 0.1) is 6.61 Å². The van der Waals surface area contributed by atoms with Crippen LogP contribution in [0.5, 0.6) is 0 Å². The van der Waals surface area contributed by atoms with E-state index in [0.29, 0.717) is 6.04 Å². The minimum Gasteiger partial charge on any atom is -0.383 e. The van der Waals surface area contributed by atoms with Gasteiger partial charge in [0.2, 0.25) is 0 Å². The van der Waals surface area contributed by atoms with Crippen molar-refractivity contribution in [1.29, 1.82) is 0 Å². The molecule has 0 radical (unpaired) electrons. The van der Waals surface area contributed by atoms with Gasteiger partial charge in [0.1, 0.15) is 0 Å². The average Bonchev–Trinajstić information content (AvgIpc) is 2.76. The Morgan fingerprint density at radius 2 is 2.07 bits per heavy atom. The normalized spacial score (nSPS) is 20.0. The molecule has 0 bridgehead atoms. The fourth-order valence-corrected chi connectivity index (χ4v) is 2.30. The van der Waals surface area contributed by atoms with Gasteiger partial charge in [0, 0.05) is 32.3 Å². The third-order valence-corrected chi connectivity index (χ3v) is 3.52. The summed E-state index contributed by atoms with van der Waals surface area (Å²) in [6.45, 7) is 5.13. The van der Waals surface area contributed by atoms with Gasteiger partial charge in [0.25, 0.3) is 0 Å². The molecular weight excluding hydrogens is 188 g/mol. The van der Waals surface area contributed by atoms with Crippen LogP contribution in [-0.4, -0.2) is 50.8 Å². The Morgan fingerprint density at radius 3 is 2.67 bits per heavy atom. The zero-order valence-corrected chi connectivity index (χ0v) is 10.5. The van der Waals surface area contributed by atoms with Crippen molar-refractivity contribution in [3.8, 4) is 0 Å². The van der Waals surface area contributed by atoms with Gasteiger partial charge in [0.15, 0.2) is 0 Å². The van der Waals surface area contributed by atoms with Crippen molar-refractivity contribution >= 4 is 0 Å². The fraction of sp³-hybridized carbons (Fsp3) is 1.00. The summed E-state index contributed by atoms with van der Waals surface area (Å²) >= 11 is 0. The van der Waals surface area contributed by atoms with Crippen molar-refractivity contribution in [1.82, 2.24) is 10.2 Å². The van der Waals surface area contributed by atoms with E-state index in [1.165, 1.54) is 25.7 Å². The molecule has 1 aliphatic rings. The molecule has 0 aromatic heterocycles. The van der Waals surface area contributed by atoms with Gasteiger partial charge >= 0.3 is 0 Å². The molecule has 1 rings (SSSR count). The highest BCUT2D eigenvalue weighted by Crippen LogP contribution is 2.23. The van der Waals surface area contributed by atoms with Crippen molar-refractivity contribution in [3.63, 3.8) is 0 Å². The minimum atomic E-state index is 0.630. The topological polar surface area (TPSA) is 24.5 Å². The van der Waals surface area contributed by atoms with E-state index in [1.54, 1.807) is 7.11 Å².